The van der Waals surface area contributed by atoms with Gasteiger partial charge in [-0.15, -0.1) is 0 Å². The highest BCUT2D eigenvalue weighted by Gasteiger charge is 2.33. The van der Waals surface area contributed by atoms with Crippen molar-refractivity contribution in [2.45, 2.75) is 32.5 Å². The van der Waals surface area contributed by atoms with E-state index in [-0.39, 0.29) is 22.9 Å². The van der Waals surface area contributed by atoms with E-state index < -0.39 is 0 Å². The molecule has 1 atom stereocenters. The number of amides is 1. The van der Waals surface area contributed by atoms with Crippen LogP contribution in [-0.2, 0) is 9.53 Å². The lowest BCUT2D eigenvalue weighted by molar-refractivity contribution is -0.120. The van der Waals surface area contributed by atoms with Crippen LogP contribution in [-0.4, -0.2) is 24.6 Å². The molecule has 0 bridgehead atoms. The summed E-state index contributed by atoms with van der Waals surface area (Å²) < 4.78 is 5.18. The quantitative estimate of drug-likeness (QED) is 0.622. The highest BCUT2D eigenvalue weighted by molar-refractivity contribution is 9.10. The number of para-hydroxylation sites is 1. The Morgan fingerprint density at radius 2 is 1.95 bits per heavy atom. The number of carbonyl (C=O) groups is 1. The number of aryl methyl sites for hydroxylation is 1. The second-order valence-electron chi connectivity index (χ2n) is 5.70. The Balaban J connectivity index is 3.08. The van der Waals surface area contributed by atoms with Crippen LogP contribution >= 0.6 is 15.9 Å². The van der Waals surface area contributed by atoms with Crippen molar-refractivity contribution >= 4 is 27.5 Å². The van der Waals surface area contributed by atoms with E-state index in [2.05, 4.69) is 15.9 Å². The zero-order chi connectivity index (χ0) is 14.6. The second kappa shape index (κ2) is 6.53. The van der Waals surface area contributed by atoms with Gasteiger partial charge in [-0.05, 0) is 24.0 Å². The van der Waals surface area contributed by atoms with E-state index in [0.29, 0.717) is 0 Å². The predicted molar refractivity (Wildman–Crippen MR) is 82.7 cm³/mol. The number of halogens is 1. The van der Waals surface area contributed by atoms with E-state index >= 15 is 0 Å². The first-order valence-electron chi connectivity index (χ1n) is 6.29. The molecule has 3 nitrogen and oxygen atoms in total. The first-order chi connectivity index (χ1) is 8.79. The SMILES string of the molecule is COCN(C(=O)C(Br)C(C)(C)C)c1ccccc1C. The third-order valence-corrected chi connectivity index (χ3v) is 4.67. The van der Waals surface area contributed by atoms with Crippen molar-refractivity contribution in [1.82, 2.24) is 0 Å². The summed E-state index contributed by atoms with van der Waals surface area (Å²) in [4.78, 5) is 14.1. The maximum atomic E-state index is 12.6. The largest absolute Gasteiger partial charge is 0.364 e. The van der Waals surface area contributed by atoms with E-state index in [1.165, 1.54) is 0 Å². The molecule has 1 aromatic carbocycles. The summed E-state index contributed by atoms with van der Waals surface area (Å²) in [7, 11) is 1.60. The number of hydrogen-bond donors (Lipinski definition) is 0. The average molecular weight is 328 g/mol. The van der Waals surface area contributed by atoms with Gasteiger partial charge in [-0.1, -0.05) is 54.9 Å². The molecule has 1 rings (SSSR count). The number of ether oxygens (including phenoxy) is 1. The highest BCUT2D eigenvalue weighted by Crippen LogP contribution is 2.30. The normalized spacial score (nSPS) is 13.2. The number of carbonyl (C=O) groups excluding carboxylic acids is 1. The molecule has 0 radical (unpaired) electrons. The van der Waals surface area contributed by atoms with E-state index in [9.17, 15) is 4.79 Å². The van der Waals surface area contributed by atoms with Crippen LogP contribution in [0.1, 0.15) is 26.3 Å². The van der Waals surface area contributed by atoms with Crippen LogP contribution in [0, 0.1) is 12.3 Å². The van der Waals surface area contributed by atoms with E-state index in [0.717, 1.165) is 11.3 Å². The monoisotopic (exact) mass is 327 g/mol. The van der Waals surface area contributed by atoms with Gasteiger partial charge in [-0.2, -0.15) is 0 Å². The lowest BCUT2D eigenvalue weighted by atomic mass is 9.91. The molecule has 4 heteroatoms. The molecule has 0 aliphatic carbocycles. The van der Waals surface area contributed by atoms with Crippen LogP contribution in [0.3, 0.4) is 0 Å². The predicted octanol–water partition coefficient (Wildman–Crippen LogP) is 3.74. The van der Waals surface area contributed by atoms with Crippen LogP contribution in [0.25, 0.3) is 0 Å². The second-order valence-corrected chi connectivity index (χ2v) is 6.61. The van der Waals surface area contributed by atoms with Crippen molar-refractivity contribution in [1.29, 1.82) is 0 Å². The minimum Gasteiger partial charge on any atom is -0.364 e. The molecular weight excluding hydrogens is 306 g/mol. The molecule has 19 heavy (non-hydrogen) atoms. The van der Waals surface area contributed by atoms with Crippen LogP contribution < -0.4 is 4.90 Å². The molecule has 0 aliphatic rings. The molecule has 0 heterocycles. The van der Waals surface area contributed by atoms with Gasteiger partial charge in [0.25, 0.3) is 0 Å². The van der Waals surface area contributed by atoms with Gasteiger partial charge < -0.3 is 4.74 Å². The fourth-order valence-electron chi connectivity index (χ4n) is 1.75. The Kier molecular flexibility index (Phi) is 5.56. The summed E-state index contributed by atoms with van der Waals surface area (Å²) in [6.45, 7) is 8.35. The van der Waals surface area contributed by atoms with Gasteiger partial charge in [-0.3, -0.25) is 9.69 Å². The number of alkyl halides is 1. The number of hydrogen-bond acceptors (Lipinski definition) is 2. The van der Waals surface area contributed by atoms with Gasteiger partial charge in [0.15, 0.2) is 0 Å². The molecule has 0 N–H and O–H groups in total. The maximum absolute atomic E-state index is 12.6. The van der Waals surface area contributed by atoms with Crippen molar-refractivity contribution in [3.8, 4) is 0 Å². The zero-order valence-electron chi connectivity index (χ0n) is 12.2. The molecule has 0 saturated heterocycles. The van der Waals surface area contributed by atoms with Crippen molar-refractivity contribution in [3.63, 3.8) is 0 Å². The Bertz CT molecular complexity index is 440. The highest BCUT2D eigenvalue weighted by atomic mass is 79.9. The molecule has 0 spiro atoms. The lowest BCUT2D eigenvalue weighted by Gasteiger charge is -2.31. The Morgan fingerprint density at radius 1 is 1.37 bits per heavy atom. The van der Waals surface area contributed by atoms with Crippen molar-refractivity contribution < 1.29 is 9.53 Å². The smallest absolute Gasteiger partial charge is 0.243 e. The van der Waals surface area contributed by atoms with Gasteiger partial charge in [-0.25, -0.2) is 0 Å². The van der Waals surface area contributed by atoms with Crippen LogP contribution in [0.15, 0.2) is 24.3 Å². The fourth-order valence-corrected chi connectivity index (χ4v) is 2.00. The fraction of sp³-hybridized carbons (Fsp3) is 0.533. The summed E-state index contributed by atoms with van der Waals surface area (Å²) in [6, 6.07) is 7.82. The Morgan fingerprint density at radius 3 is 2.42 bits per heavy atom. The average Bonchev–Trinajstić information content (AvgIpc) is 2.34. The van der Waals surface area contributed by atoms with Crippen molar-refractivity contribution in [2.75, 3.05) is 18.7 Å². The zero-order valence-corrected chi connectivity index (χ0v) is 13.8. The van der Waals surface area contributed by atoms with E-state index in [4.69, 9.17) is 4.74 Å². The number of anilines is 1. The molecule has 1 amide bonds. The Labute approximate surface area is 124 Å². The molecule has 0 aromatic heterocycles. The molecular formula is C15H22BrNO2. The summed E-state index contributed by atoms with van der Waals surface area (Å²) in [5, 5.41) is 0. The molecule has 0 fully saturated rings. The summed E-state index contributed by atoms with van der Waals surface area (Å²) in [5.74, 6) is 0.0173. The van der Waals surface area contributed by atoms with Gasteiger partial charge in [0.1, 0.15) is 6.73 Å². The van der Waals surface area contributed by atoms with Crippen LogP contribution in [0.4, 0.5) is 5.69 Å². The molecule has 0 aliphatic heterocycles. The summed E-state index contributed by atoms with van der Waals surface area (Å²) >= 11 is 3.51. The topological polar surface area (TPSA) is 29.5 Å². The summed E-state index contributed by atoms with van der Waals surface area (Å²) in [5.41, 5.74) is 1.80. The number of methoxy groups -OCH3 is 1. The van der Waals surface area contributed by atoms with Gasteiger partial charge in [0.2, 0.25) is 5.91 Å². The third kappa shape index (κ3) is 4.05. The molecule has 106 valence electrons. The lowest BCUT2D eigenvalue weighted by Crippen LogP contribution is -2.43. The van der Waals surface area contributed by atoms with Crippen LogP contribution in [0.2, 0.25) is 0 Å². The Hall–Kier alpha value is -0.870. The first-order valence-corrected chi connectivity index (χ1v) is 7.20. The minimum atomic E-state index is -0.255. The first kappa shape index (κ1) is 16.2. The van der Waals surface area contributed by atoms with Crippen molar-refractivity contribution in [2.24, 2.45) is 5.41 Å². The molecule has 1 aromatic rings. The maximum Gasteiger partial charge on any atom is 0.243 e. The van der Waals surface area contributed by atoms with E-state index in [1.54, 1.807) is 12.0 Å². The number of rotatable bonds is 4. The van der Waals surface area contributed by atoms with Gasteiger partial charge in [0, 0.05) is 12.8 Å². The van der Waals surface area contributed by atoms with Gasteiger partial charge in [0.05, 0.1) is 4.83 Å². The van der Waals surface area contributed by atoms with Gasteiger partial charge >= 0.3 is 0 Å². The van der Waals surface area contributed by atoms with E-state index in [1.807, 2.05) is 52.0 Å². The standard InChI is InChI=1S/C15H22BrNO2/c1-11-8-6-7-9-12(11)17(10-19-5)14(18)13(16)15(2,3)4/h6-9,13H,10H2,1-5H3. The van der Waals surface area contributed by atoms with Crippen LogP contribution in [0.5, 0.6) is 0 Å². The number of nitrogens with zero attached hydrogens (tertiary/aromatic N) is 1. The van der Waals surface area contributed by atoms with Crippen molar-refractivity contribution in [3.05, 3.63) is 29.8 Å². The third-order valence-electron chi connectivity index (χ3n) is 2.91. The minimum absolute atomic E-state index is 0.0173. The molecule has 0 saturated carbocycles. The number of benzene rings is 1. The summed E-state index contributed by atoms with van der Waals surface area (Å²) in [6.07, 6.45) is 0. The molecule has 1 unspecified atom stereocenters.